The summed E-state index contributed by atoms with van der Waals surface area (Å²) >= 11 is 7.03. The number of aliphatic imine (C=N–C) groups is 1. The molecule has 0 spiro atoms. The zero-order valence-corrected chi connectivity index (χ0v) is 15.2. The van der Waals surface area contributed by atoms with Crippen LogP contribution in [0.1, 0.15) is 5.56 Å². The first-order chi connectivity index (χ1) is 12.5. The number of halogens is 1. The van der Waals surface area contributed by atoms with Crippen LogP contribution in [0.5, 0.6) is 5.75 Å². The summed E-state index contributed by atoms with van der Waals surface area (Å²) < 4.78 is 4.77. The molecule has 0 unspecified atom stereocenters. The second-order valence-corrected chi connectivity index (χ2v) is 6.78. The molecule has 2 aromatic carbocycles. The highest BCUT2D eigenvalue weighted by Gasteiger charge is 2.32. The van der Waals surface area contributed by atoms with E-state index in [1.165, 1.54) is 19.2 Å². The number of phenols is 1. The van der Waals surface area contributed by atoms with Gasteiger partial charge in [0, 0.05) is 5.02 Å². The van der Waals surface area contributed by atoms with Gasteiger partial charge in [0.2, 0.25) is 0 Å². The minimum Gasteiger partial charge on any atom is -0.508 e. The Morgan fingerprint density at radius 2 is 1.77 bits per heavy atom. The summed E-state index contributed by atoms with van der Waals surface area (Å²) in [7, 11) is 1.24. The lowest BCUT2D eigenvalue weighted by atomic mass is 10.1. The lowest BCUT2D eigenvalue weighted by Gasteiger charge is -2.02. The molecule has 3 rings (SSSR count). The highest BCUT2D eigenvalue weighted by Crippen LogP contribution is 2.40. The van der Waals surface area contributed by atoms with Crippen LogP contribution in [-0.4, -0.2) is 28.3 Å². The van der Waals surface area contributed by atoms with Gasteiger partial charge in [-0.3, -0.25) is 0 Å². The zero-order chi connectivity index (χ0) is 18.7. The summed E-state index contributed by atoms with van der Waals surface area (Å²) in [6.45, 7) is 0. The smallest absolute Gasteiger partial charge is 0.344 e. The number of esters is 1. The molecule has 0 aromatic heterocycles. The molecule has 7 heteroatoms. The molecule has 0 amide bonds. The topological polar surface area (TPSA) is 79.1 Å². The maximum absolute atomic E-state index is 12.1. The summed E-state index contributed by atoms with van der Waals surface area (Å²) in [4.78, 5) is 17.0. The van der Waals surface area contributed by atoms with Crippen molar-refractivity contribution in [2.45, 2.75) is 0 Å². The van der Waals surface area contributed by atoms with E-state index in [9.17, 15) is 15.0 Å². The van der Waals surface area contributed by atoms with E-state index in [-0.39, 0.29) is 17.1 Å². The van der Waals surface area contributed by atoms with Gasteiger partial charge in [0.05, 0.1) is 17.7 Å². The van der Waals surface area contributed by atoms with Gasteiger partial charge in [-0.15, -0.1) is 0 Å². The third-order valence-corrected chi connectivity index (χ3v) is 4.80. The number of aliphatic hydroxyl groups is 1. The van der Waals surface area contributed by atoms with Crippen LogP contribution in [-0.2, 0) is 9.53 Å². The minimum absolute atomic E-state index is 0.0116. The van der Waals surface area contributed by atoms with Crippen molar-refractivity contribution < 1.29 is 19.7 Å². The molecule has 0 saturated heterocycles. The van der Waals surface area contributed by atoms with Gasteiger partial charge in [-0.1, -0.05) is 35.5 Å². The molecular weight excluding hydrogens is 374 g/mol. The fraction of sp³-hybridized carbons (Fsp3) is 0.0526. The standard InChI is InChI=1S/C19H14ClNO4S/c1-25-19(24)16-17(23)15(10-11-2-8-14(22)9-3-11)26-18(16)21-13-6-4-12(20)5-7-13/h2-10,22-23H,1H3. The lowest BCUT2D eigenvalue weighted by Crippen LogP contribution is -2.10. The summed E-state index contributed by atoms with van der Waals surface area (Å²) in [5.74, 6) is -0.717. The normalized spacial score (nSPS) is 17.2. The molecule has 26 heavy (non-hydrogen) atoms. The predicted octanol–water partition coefficient (Wildman–Crippen LogP) is 4.85. The van der Waals surface area contributed by atoms with Crippen molar-refractivity contribution in [3.8, 4) is 5.75 Å². The number of aliphatic hydroxyl groups excluding tert-OH is 1. The van der Waals surface area contributed by atoms with Crippen LogP contribution < -0.4 is 0 Å². The summed E-state index contributed by atoms with van der Waals surface area (Å²) in [6, 6.07) is 13.3. The zero-order valence-electron chi connectivity index (χ0n) is 13.6. The van der Waals surface area contributed by atoms with E-state index in [1.54, 1.807) is 42.5 Å². The van der Waals surface area contributed by atoms with Crippen LogP contribution in [0.3, 0.4) is 0 Å². The second kappa shape index (κ2) is 7.68. The van der Waals surface area contributed by atoms with Crippen LogP contribution in [0, 0.1) is 0 Å². The fourth-order valence-corrected chi connectivity index (χ4v) is 3.41. The van der Waals surface area contributed by atoms with Gasteiger partial charge in [0.15, 0.2) is 0 Å². The molecule has 1 heterocycles. The van der Waals surface area contributed by atoms with E-state index in [1.807, 2.05) is 0 Å². The van der Waals surface area contributed by atoms with E-state index in [2.05, 4.69) is 4.99 Å². The Balaban J connectivity index is 2.02. The number of hydrogen-bond acceptors (Lipinski definition) is 6. The predicted molar refractivity (Wildman–Crippen MR) is 104 cm³/mol. The molecule has 2 aromatic rings. The van der Waals surface area contributed by atoms with Crippen molar-refractivity contribution in [1.29, 1.82) is 0 Å². The fourth-order valence-electron chi connectivity index (χ4n) is 2.25. The number of carbonyl (C=O) groups is 1. The first-order valence-corrected chi connectivity index (χ1v) is 8.72. The highest BCUT2D eigenvalue weighted by molar-refractivity contribution is 8.18. The van der Waals surface area contributed by atoms with Gasteiger partial charge < -0.3 is 14.9 Å². The molecule has 5 nitrogen and oxygen atoms in total. The first-order valence-electron chi connectivity index (χ1n) is 7.53. The third kappa shape index (κ3) is 3.92. The van der Waals surface area contributed by atoms with E-state index in [0.717, 1.165) is 17.3 Å². The number of hydrogen-bond donors (Lipinski definition) is 2. The van der Waals surface area contributed by atoms with Gasteiger partial charge in [-0.2, -0.15) is 0 Å². The SMILES string of the molecule is COC(=O)C1=C(O)C(=Cc2ccc(O)cc2)SC1=Nc1ccc(Cl)cc1. The Hall–Kier alpha value is -2.70. The van der Waals surface area contributed by atoms with Crippen molar-refractivity contribution in [3.63, 3.8) is 0 Å². The van der Waals surface area contributed by atoms with Gasteiger partial charge in [-0.25, -0.2) is 9.79 Å². The van der Waals surface area contributed by atoms with Crippen LogP contribution in [0.2, 0.25) is 5.02 Å². The summed E-state index contributed by atoms with van der Waals surface area (Å²) in [6.07, 6.45) is 1.70. The van der Waals surface area contributed by atoms with Crippen LogP contribution >= 0.6 is 23.4 Å². The van der Waals surface area contributed by atoms with Crippen LogP contribution in [0.4, 0.5) is 5.69 Å². The number of ether oxygens (including phenoxy) is 1. The number of rotatable bonds is 3. The number of carbonyl (C=O) groups excluding carboxylic acids is 1. The molecule has 1 aliphatic heterocycles. The van der Waals surface area contributed by atoms with Crippen LogP contribution in [0.15, 0.2) is 69.8 Å². The number of phenolic OH excluding ortho intramolecular Hbond substituents is 1. The monoisotopic (exact) mass is 387 g/mol. The molecule has 2 N–H and O–H groups in total. The quantitative estimate of drug-likeness (QED) is 0.736. The Labute approximate surface area is 159 Å². The second-order valence-electron chi connectivity index (χ2n) is 5.31. The maximum atomic E-state index is 12.1. The van der Waals surface area contributed by atoms with Crippen molar-refractivity contribution in [2.75, 3.05) is 7.11 Å². The molecule has 0 atom stereocenters. The third-order valence-electron chi connectivity index (χ3n) is 3.53. The average molecular weight is 388 g/mol. The molecule has 1 aliphatic rings. The Morgan fingerprint density at radius 3 is 2.38 bits per heavy atom. The van der Waals surface area contributed by atoms with Gasteiger partial charge in [0.1, 0.15) is 22.1 Å². The summed E-state index contributed by atoms with van der Waals surface area (Å²) in [5, 5.41) is 20.8. The van der Waals surface area contributed by atoms with Crippen molar-refractivity contribution in [3.05, 3.63) is 75.4 Å². The lowest BCUT2D eigenvalue weighted by molar-refractivity contribution is -0.135. The van der Waals surface area contributed by atoms with Gasteiger partial charge in [0.25, 0.3) is 0 Å². The molecule has 0 aliphatic carbocycles. The molecule has 0 saturated carbocycles. The van der Waals surface area contributed by atoms with Crippen molar-refractivity contribution >= 4 is 46.1 Å². The van der Waals surface area contributed by atoms with Crippen LogP contribution in [0.25, 0.3) is 6.08 Å². The van der Waals surface area contributed by atoms with E-state index in [4.69, 9.17) is 16.3 Å². The van der Waals surface area contributed by atoms with Crippen molar-refractivity contribution in [2.24, 2.45) is 4.99 Å². The number of thioether (sulfide) groups is 1. The van der Waals surface area contributed by atoms with E-state index in [0.29, 0.717) is 20.7 Å². The molecule has 0 bridgehead atoms. The Bertz CT molecular complexity index is 931. The highest BCUT2D eigenvalue weighted by atomic mass is 35.5. The van der Waals surface area contributed by atoms with Gasteiger partial charge in [-0.05, 0) is 48.0 Å². The van der Waals surface area contributed by atoms with E-state index >= 15 is 0 Å². The molecule has 0 fully saturated rings. The average Bonchev–Trinajstić information content (AvgIpc) is 2.93. The number of aromatic hydroxyl groups is 1. The maximum Gasteiger partial charge on any atom is 0.344 e. The van der Waals surface area contributed by atoms with E-state index < -0.39 is 5.97 Å². The molecule has 0 radical (unpaired) electrons. The van der Waals surface area contributed by atoms with Gasteiger partial charge >= 0.3 is 5.97 Å². The summed E-state index contributed by atoms with van der Waals surface area (Å²) in [5.41, 5.74) is 1.36. The minimum atomic E-state index is -0.670. The number of benzene rings is 2. The first kappa shape index (κ1) is 18.1. The molecular formula is C19H14ClNO4S. The largest absolute Gasteiger partial charge is 0.508 e. The Kier molecular flexibility index (Phi) is 5.35. The number of methoxy groups -OCH3 is 1. The Morgan fingerprint density at radius 1 is 1.12 bits per heavy atom. The molecule has 132 valence electrons. The van der Waals surface area contributed by atoms with Crippen molar-refractivity contribution in [1.82, 2.24) is 0 Å². The number of nitrogens with zero attached hydrogens (tertiary/aromatic N) is 1.